The second kappa shape index (κ2) is 7.15. The van der Waals surface area contributed by atoms with Crippen molar-refractivity contribution in [1.82, 2.24) is 0 Å². The molecule has 0 saturated carbocycles. The molecule has 17 heavy (non-hydrogen) atoms. The van der Waals surface area contributed by atoms with Crippen LogP contribution in [0.4, 0.5) is 0 Å². The number of carbonyl (C=O) groups is 1. The predicted octanol–water partition coefficient (Wildman–Crippen LogP) is 3.98. The van der Waals surface area contributed by atoms with Gasteiger partial charge in [-0.1, -0.05) is 39.5 Å². The van der Waals surface area contributed by atoms with E-state index in [1.807, 2.05) is 6.92 Å². The van der Waals surface area contributed by atoms with Crippen LogP contribution < -0.4 is 0 Å². The van der Waals surface area contributed by atoms with Gasteiger partial charge in [0.2, 0.25) is 0 Å². The molecule has 0 aromatic rings. The first-order valence-corrected chi connectivity index (χ1v) is 7.26. The van der Waals surface area contributed by atoms with Crippen molar-refractivity contribution in [1.29, 1.82) is 0 Å². The van der Waals surface area contributed by atoms with Crippen LogP contribution in [0, 0.1) is 11.8 Å². The minimum Gasteiger partial charge on any atom is -0.375 e. The van der Waals surface area contributed by atoms with Crippen molar-refractivity contribution >= 4 is 5.78 Å². The Morgan fingerprint density at radius 3 is 2.18 bits per heavy atom. The lowest BCUT2D eigenvalue weighted by Crippen LogP contribution is -2.26. The molecule has 2 heteroatoms. The maximum Gasteiger partial charge on any atom is 0.138 e. The van der Waals surface area contributed by atoms with E-state index in [4.69, 9.17) is 4.74 Å². The summed E-state index contributed by atoms with van der Waals surface area (Å²) in [4.78, 5) is 12.2. The molecule has 1 heterocycles. The van der Waals surface area contributed by atoms with E-state index in [-0.39, 0.29) is 18.1 Å². The van der Waals surface area contributed by atoms with Gasteiger partial charge < -0.3 is 4.74 Å². The fraction of sp³-hybridized carbons (Fsp3) is 0.933. The fourth-order valence-corrected chi connectivity index (χ4v) is 2.89. The Labute approximate surface area is 106 Å². The second-order valence-electron chi connectivity index (χ2n) is 5.56. The molecule has 0 N–H and O–H groups in total. The van der Waals surface area contributed by atoms with Crippen molar-refractivity contribution in [2.75, 3.05) is 0 Å². The highest BCUT2D eigenvalue weighted by atomic mass is 16.5. The molecule has 4 atom stereocenters. The first-order valence-electron chi connectivity index (χ1n) is 7.26. The van der Waals surface area contributed by atoms with Gasteiger partial charge in [-0.2, -0.15) is 0 Å². The summed E-state index contributed by atoms with van der Waals surface area (Å²) in [6, 6.07) is 0. The third-order valence-electron chi connectivity index (χ3n) is 4.14. The van der Waals surface area contributed by atoms with Gasteiger partial charge in [-0.25, -0.2) is 0 Å². The predicted molar refractivity (Wildman–Crippen MR) is 71.0 cm³/mol. The molecule has 0 amide bonds. The van der Waals surface area contributed by atoms with Gasteiger partial charge in [0.15, 0.2) is 0 Å². The maximum absolute atomic E-state index is 12.2. The average molecular weight is 240 g/mol. The SMILES string of the molecule is CCCCCCCC(=O)C1C(C)OC(C)C1C. The Morgan fingerprint density at radius 1 is 1.00 bits per heavy atom. The third kappa shape index (κ3) is 4.09. The van der Waals surface area contributed by atoms with Crippen LogP contribution in [-0.4, -0.2) is 18.0 Å². The summed E-state index contributed by atoms with van der Waals surface area (Å²) in [5, 5.41) is 0. The van der Waals surface area contributed by atoms with E-state index >= 15 is 0 Å². The van der Waals surface area contributed by atoms with Crippen LogP contribution >= 0.6 is 0 Å². The van der Waals surface area contributed by atoms with Crippen LogP contribution in [0.25, 0.3) is 0 Å². The van der Waals surface area contributed by atoms with E-state index in [0.29, 0.717) is 11.7 Å². The van der Waals surface area contributed by atoms with E-state index in [1.54, 1.807) is 0 Å². The highest BCUT2D eigenvalue weighted by molar-refractivity contribution is 5.82. The molecule has 0 radical (unpaired) electrons. The lowest BCUT2D eigenvalue weighted by atomic mass is 9.84. The van der Waals surface area contributed by atoms with Gasteiger partial charge in [0.1, 0.15) is 5.78 Å². The standard InChI is InChI=1S/C15H28O2/c1-5-6-7-8-9-10-14(16)15-11(2)12(3)17-13(15)4/h11-13,15H,5-10H2,1-4H3. The molecule has 100 valence electrons. The van der Waals surface area contributed by atoms with E-state index < -0.39 is 0 Å². The zero-order valence-electron chi connectivity index (χ0n) is 11.9. The van der Waals surface area contributed by atoms with Crippen molar-refractivity contribution in [2.24, 2.45) is 11.8 Å². The zero-order chi connectivity index (χ0) is 12.8. The largest absolute Gasteiger partial charge is 0.375 e. The summed E-state index contributed by atoms with van der Waals surface area (Å²) in [6.07, 6.45) is 7.18. The smallest absolute Gasteiger partial charge is 0.138 e. The molecule has 2 nitrogen and oxygen atoms in total. The lowest BCUT2D eigenvalue weighted by Gasteiger charge is -2.16. The summed E-state index contributed by atoms with van der Waals surface area (Å²) in [5.74, 6) is 0.940. The number of unbranched alkanes of at least 4 members (excludes halogenated alkanes) is 4. The monoisotopic (exact) mass is 240 g/mol. The van der Waals surface area contributed by atoms with Gasteiger partial charge in [-0.05, 0) is 26.2 Å². The number of ketones is 1. The van der Waals surface area contributed by atoms with E-state index in [2.05, 4.69) is 20.8 Å². The van der Waals surface area contributed by atoms with Crippen molar-refractivity contribution in [2.45, 2.75) is 78.4 Å². The number of hydrogen-bond donors (Lipinski definition) is 0. The van der Waals surface area contributed by atoms with Crippen LogP contribution in [0.3, 0.4) is 0 Å². The molecule has 4 unspecified atom stereocenters. The molecule has 0 spiro atoms. The Kier molecular flexibility index (Phi) is 6.18. The summed E-state index contributed by atoms with van der Waals surface area (Å²) in [5.41, 5.74) is 0. The summed E-state index contributed by atoms with van der Waals surface area (Å²) in [6.45, 7) is 8.48. The molecule has 1 saturated heterocycles. The van der Waals surface area contributed by atoms with Crippen molar-refractivity contribution in [3.8, 4) is 0 Å². The zero-order valence-corrected chi connectivity index (χ0v) is 11.9. The van der Waals surface area contributed by atoms with Crippen molar-refractivity contribution in [3.05, 3.63) is 0 Å². The molecule has 0 aromatic carbocycles. The number of hydrogen-bond acceptors (Lipinski definition) is 2. The highest BCUT2D eigenvalue weighted by Crippen LogP contribution is 2.33. The van der Waals surface area contributed by atoms with Gasteiger partial charge in [0, 0.05) is 12.3 Å². The lowest BCUT2D eigenvalue weighted by molar-refractivity contribution is -0.125. The minimum absolute atomic E-state index is 0.114. The van der Waals surface area contributed by atoms with Crippen LogP contribution in [0.1, 0.15) is 66.2 Å². The minimum atomic E-state index is 0.114. The van der Waals surface area contributed by atoms with E-state index in [1.165, 1.54) is 25.7 Å². The Balaban J connectivity index is 2.27. The van der Waals surface area contributed by atoms with Crippen LogP contribution in [-0.2, 0) is 9.53 Å². The quantitative estimate of drug-likeness (QED) is 0.629. The van der Waals surface area contributed by atoms with Crippen LogP contribution in [0.15, 0.2) is 0 Å². The third-order valence-corrected chi connectivity index (χ3v) is 4.14. The normalized spacial score (nSPS) is 32.9. The first-order chi connectivity index (χ1) is 8.07. The first kappa shape index (κ1) is 14.7. The number of rotatable bonds is 7. The van der Waals surface area contributed by atoms with Gasteiger partial charge >= 0.3 is 0 Å². The molecule has 0 aliphatic carbocycles. The topological polar surface area (TPSA) is 26.3 Å². The Morgan fingerprint density at radius 2 is 1.65 bits per heavy atom. The number of Topliss-reactive ketones (excluding diaryl/α,β-unsaturated/α-hetero) is 1. The average Bonchev–Trinajstić information content (AvgIpc) is 2.53. The molecule has 1 fully saturated rings. The summed E-state index contributed by atoms with van der Waals surface area (Å²) in [7, 11) is 0. The maximum atomic E-state index is 12.2. The van der Waals surface area contributed by atoms with E-state index in [0.717, 1.165) is 12.8 Å². The fourth-order valence-electron chi connectivity index (χ4n) is 2.89. The molecule has 1 aliphatic heterocycles. The molecular formula is C15H28O2. The Hall–Kier alpha value is -0.370. The van der Waals surface area contributed by atoms with Crippen molar-refractivity contribution < 1.29 is 9.53 Å². The van der Waals surface area contributed by atoms with E-state index in [9.17, 15) is 4.79 Å². The van der Waals surface area contributed by atoms with Crippen LogP contribution in [0.2, 0.25) is 0 Å². The molecule has 1 rings (SSSR count). The number of carbonyl (C=O) groups excluding carboxylic acids is 1. The highest BCUT2D eigenvalue weighted by Gasteiger charge is 2.40. The molecular weight excluding hydrogens is 212 g/mol. The molecule has 0 aromatic heterocycles. The molecule has 0 bridgehead atoms. The second-order valence-corrected chi connectivity index (χ2v) is 5.56. The van der Waals surface area contributed by atoms with Gasteiger partial charge in [0.05, 0.1) is 12.2 Å². The summed E-state index contributed by atoms with van der Waals surface area (Å²) < 4.78 is 5.73. The molecule has 1 aliphatic rings. The van der Waals surface area contributed by atoms with Crippen LogP contribution in [0.5, 0.6) is 0 Å². The Bertz CT molecular complexity index is 237. The van der Waals surface area contributed by atoms with Gasteiger partial charge in [-0.15, -0.1) is 0 Å². The van der Waals surface area contributed by atoms with Gasteiger partial charge in [-0.3, -0.25) is 4.79 Å². The number of ether oxygens (including phenoxy) is 1. The van der Waals surface area contributed by atoms with Gasteiger partial charge in [0.25, 0.3) is 0 Å². The summed E-state index contributed by atoms with van der Waals surface area (Å²) >= 11 is 0. The van der Waals surface area contributed by atoms with Crippen molar-refractivity contribution in [3.63, 3.8) is 0 Å².